The van der Waals surface area contributed by atoms with E-state index in [1.165, 1.54) is 6.92 Å². The quantitative estimate of drug-likeness (QED) is 0.198. The predicted molar refractivity (Wildman–Crippen MR) is 125 cm³/mol. The fraction of sp³-hybridized carbons (Fsp3) is 0.652. The molecule has 4 N–H and O–H groups in total. The van der Waals surface area contributed by atoms with Crippen molar-refractivity contribution in [3.05, 3.63) is 23.9 Å². The molecule has 0 aromatic carbocycles. The molecule has 9 heteroatoms. The lowest BCUT2D eigenvalue weighted by molar-refractivity contribution is -0.151. The zero-order valence-electron chi connectivity index (χ0n) is 20.2. The van der Waals surface area contributed by atoms with Gasteiger partial charge in [-0.1, -0.05) is 27.7 Å². The molecule has 1 unspecified atom stereocenters. The second kappa shape index (κ2) is 13.1. The van der Waals surface area contributed by atoms with Gasteiger partial charge in [-0.15, -0.1) is 0 Å². The van der Waals surface area contributed by atoms with Crippen molar-refractivity contribution in [1.82, 2.24) is 21.2 Å². The summed E-state index contributed by atoms with van der Waals surface area (Å²) < 4.78 is 5.34. The number of anilines is 1. The summed E-state index contributed by atoms with van der Waals surface area (Å²) in [6.07, 6.45) is 6.24. The summed E-state index contributed by atoms with van der Waals surface area (Å²) in [6, 6.07) is 3.53. The Labute approximate surface area is 191 Å². The van der Waals surface area contributed by atoms with Crippen LogP contribution in [0, 0.1) is 5.41 Å². The van der Waals surface area contributed by atoms with Gasteiger partial charge in [0.05, 0.1) is 12.2 Å². The van der Waals surface area contributed by atoms with Gasteiger partial charge < -0.3 is 15.4 Å². The van der Waals surface area contributed by atoms with Gasteiger partial charge in [0.2, 0.25) is 0 Å². The van der Waals surface area contributed by atoms with Crippen molar-refractivity contribution < 1.29 is 19.1 Å². The number of hydrogen-bond acceptors (Lipinski definition) is 7. The van der Waals surface area contributed by atoms with Crippen LogP contribution >= 0.6 is 0 Å². The molecule has 9 nitrogen and oxygen atoms in total. The summed E-state index contributed by atoms with van der Waals surface area (Å²) in [5.41, 5.74) is 3.57. The van der Waals surface area contributed by atoms with Crippen LogP contribution in [0.4, 0.5) is 5.82 Å². The molecule has 0 aliphatic heterocycles. The van der Waals surface area contributed by atoms with Gasteiger partial charge in [0.1, 0.15) is 5.82 Å². The Morgan fingerprint density at radius 2 is 1.91 bits per heavy atom. The van der Waals surface area contributed by atoms with E-state index in [9.17, 15) is 14.4 Å². The monoisotopic (exact) mass is 449 g/mol. The Balaban J connectivity index is 0.00000249. The molecule has 0 saturated heterocycles. The summed E-state index contributed by atoms with van der Waals surface area (Å²) in [6.45, 7) is 10.5. The van der Waals surface area contributed by atoms with Crippen molar-refractivity contribution in [3.63, 3.8) is 0 Å². The second-order valence-electron chi connectivity index (χ2n) is 8.57. The number of carbonyl (C=O) groups is 3. The minimum atomic E-state index is -1.70. The van der Waals surface area contributed by atoms with E-state index in [0.717, 1.165) is 25.7 Å². The Bertz CT molecular complexity index is 746. The number of pyridine rings is 1. The first-order valence-electron chi connectivity index (χ1n) is 11.3. The summed E-state index contributed by atoms with van der Waals surface area (Å²) in [5.74, 6) is -0.814. The molecule has 0 bridgehead atoms. The van der Waals surface area contributed by atoms with E-state index in [1.807, 2.05) is 13.8 Å². The molecule has 1 heterocycles. The lowest BCUT2D eigenvalue weighted by Crippen LogP contribution is -2.54. The van der Waals surface area contributed by atoms with Gasteiger partial charge in [-0.2, -0.15) is 0 Å². The molecule has 1 aromatic rings. The molecule has 32 heavy (non-hydrogen) atoms. The SMILES string of the molecule is CC.CNCCOC(C)(C=O)C(=O)NNC(=O)c1cccnc1NC1CCC(C)(C)CC1. The van der Waals surface area contributed by atoms with Gasteiger partial charge in [-0.3, -0.25) is 25.2 Å². The lowest BCUT2D eigenvalue weighted by Gasteiger charge is -2.35. The number of hydrazine groups is 1. The summed E-state index contributed by atoms with van der Waals surface area (Å²) >= 11 is 0. The molecular weight excluding hydrogens is 410 g/mol. The second-order valence-corrected chi connectivity index (χ2v) is 8.57. The zero-order valence-corrected chi connectivity index (χ0v) is 20.2. The molecule has 1 atom stereocenters. The third kappa shape index (κ3) is 8.20. The maximum Gasteiger partial charge on any atom is 0.277 e. The van der Waals surface area contributed by atoms with Crippen LogP contribution in [0.3, 0.4) is 0 Å². The first-order chi connectivity index (χ1) is 15.2. The number of amides is 2. The van der Waals surface area contributed by atoms with E-state index in [0.29, 0.717) is 29.6 Å². The number of rotatable bonds is 9. The highest BCUT2D eigenvalue weighted by molar-refractivity contribution is 6.03. The number of aromatic nitrogens is 1. The minimum Gasteiger partial charge on any atom is -0.367 e. The highest BCUT2D eigenvalue weighted by atomic mass is 16.5. The maximum absolute atomic E-state index is 12.6. The van der Waals surface area contributed by atoms with Crippen molar-refractivity contribution in [2.45, 2.75) is 71.9 Å². The number of nitrogens with one attached hydrogen (secondary N) is 4. The molecule has 1 aliphatic carbocycles. The molecule has 180 valence electrons. The highest BCUT2D eigenvalue weighted by Crippen LogP contribution is 2.36. The maximum atomic E-state index is 12.6. The van der Waals surface area contributed by atoms with E-state index >= 15 is 0 Å². The highest BCUT2D eigenvalue weighted by Gasteiger charge is 2.34. The molecule has 1 fully saturated rings. The smallest absolute Gasteiger partial charge is 0.277 e. The van der Waals surface area contributed by atoms with E-state index in [-0.39, 0.29) is 12.6 Å². The van der Waals surface area contributed by atoms with Gasteiger partial charge in [-0.25, -0.2) is 4.98 Å². The minimum absolute atomic E-state index is 0.169. The molecule has 1 saturated carbocycles. The van der Waals surface area contributed by atoms with Gasteiger partial charge in [0.25, 0.3) is 11.8 Å². The molecular formula is C23H39N5O4. The molecule has 0 radical (unpaired) electrons. The van der Waals surface area contributed by atoms with Crippen LogP contribution in [0.15, 0.2) is 18.3 Å². The Kier molecular flexibility index (Phi) is 11.3. The average Bonchev–Trinajstić information content (AvgIpc) is 2.80. The molecule has 0 spiro atoms. The number of ether oxygens (including phenoxy) is 1. The van der Waals surface area contributed by atoms with Gasteiger partial charge in [-0.05, 0) is 57.2 Å². The van der Waals surface area contributed by atoms with Gasteiger partial charge in [0.15, 0.2) is 11.9 Å². The van der Waals surface area contributed by atoms with Crippen LogP contribution < -0.4 is 21.5 Å². The Morgan fingerprint density at radius 1 is 1.25 bits per heavy atom. The van der Waals surface area contributed by atoms with Crippen LogP contribution in [0.5, 0.6) is 0 Å². The zero-order chi connectivity index (χ0) is 24.2. The van der Waals surface area contributed by atoms with Crippen molar-refractivity contribution in [1.29, 1.82) is 0 Å². The third-order valence-electron chi connectivity index (χ3n) is 5.45. The lowest BCUT2D eigenvalue weighted by atomic mass is 9.75. The van der Waals surface area contributed by atoms with Gasteiger partial charge in [0, 0.05) is 18.8 Å². The topological polar surface area (TPSA) is 121 Å². The number of aldehydes is 1. The van der Waals surface area contributed by atoms with E-state index in [2.05, 4.69) is 40.3 Å². The number of likely N-dealkylation sites (N-methyl/N-ethyl adjacent to an activating group) is 1. The summed E-state index contributed by atoms with van der Waals surface area (Å²) in [5, 5.41) is 6.22. The largest absolute Gasteiger partial charge is 0.367 e. The molecule has 1 aromatic heterocycles. The van der Waals surface area contributed by atoms with E-state index in [1.54, 1.807) is 25.4 Å². The third-order valence-corrected chi connectivity index (χ3v) is 5.45. The first-order valence-corrected chi connectivity index (χ1v) is 11.3. The normalized spacial score (nSPS) is 17.2. The van der Waals surface area contributed by atoms with Crippen molar-refractivity contribution >= 4 is 23.9 Å². The van der Waals surface area contributed by atoms with Crippen LogP contribution in [0.25, 0.3) is 0 Å². The first kappa shape index (κ1) is 27.5. The number of hydrogen-bond donors (Lipinski definition) is 4. The molecule has 2 amide bonds. The van der Waals surface area contributed by atoms with E-state index in [4.69, 9.17) is 4.74 Å². The molecule has 2 rings (SSSR count). The Morgan fingerprint density at radius 3 is 2.50 bits per heavy atom. The van der Waals surface area contributed by atoms with Crippen LogP contribution in [-0.4, -0.2) is 54.9 Å². The fourth-order valence-corrected chi connectivity index (χ4v) is 3.26. The fourth-order valence-electron chi connectivity index (χ4n) is 3.26. The Hall–Kier alpha value is -2.52. The van der Waals surface area contributed by atoms with Crippen LogP contribution in [-0.2, 0) is 14.3 Å². The van der Waals surface area contributed by atoms with Crippen LogP contribution in [0.2, 0.25) is 0 Å². The summed E-state index contributed by atoms with van der Waals surface area (Å²) in [4.78, 5) is 40.7. The van der Waals surface area contributed by atoms with E-state index < -0.39 is 17.4 Å². The predicted octanol–water partition coefficient (Wildman–Crippen LogP) is 2.44. The number of carbonyl (C=O) groups excluding carboxylic acids is 3. The summed E-state index contributed by atoms with van der Waals surface area (Å²) in [7, 11) is 1.73. The standard InChI is InChI=1S/C21H33N5O4.C2H6/c1-20(2)9-7-15(8-10-20)24-17-16(6-5-11-23-17)18(28)25-26-19(29)21(3,14-27)30-13-12-22-4;1-2/h5-6,11,14-15,22H,7-10,12-13H2,1-4H3,(H,23,24)(H,25,28)(H,26,29);1-2H3. The van der Waals surface area contributed by atoms with Crippen molar-refractivity contribution in [2.75, 3.05) is 25.5 Å². The average molecular weight is 450 g/mol. The van der Waals surface area contributed by atoms with Crippen molar-refractivity contribution in [3.8, 4) is 0 Å². The van der Waals surface area contributed by atoms with Crippen LogP contribution in [0.1, 0.15) is 70.7 Å². The van der Waals surface area contributed by atoms with Crippen molar-refractivity contribution in [2.24, 2.45) is 5.41 Å². The number of nitrogens with zero attached hydrogens (tertiary/aromatic N) is 1. The molecule has 1 aliphatic rings. The van der Waals surface area contributed by atoms with Gasteiger partial charge >= 0.3 is 0 Å².